The third kappa shape index (κ3) is 2.79. The highest BCUT2D eigenvalue weighted by atomic mass is 16.5. The zero-order valence-corrected chi connectivity index (χ0v) is 13.5. The number of aromatic nitrogens is 4. The Labute approximate surface area is 136 Å². The number of nitrogens with zero attached hydrogens (tertiary/aromatic N) is 5. The van der Waals surface area contributed by atoms with Crippen LogP contribution >= 0.6 is 0 Å². The second-order valence-electron chi connectivity index (χ2n) is 6.87. The van der Waals surface area contributed by atoms with Gasteiger partial charge in [-0.2, -0.15) is 0 Å². The molecule has 0 bridgehead atoms. The Morgan fingerprint density at radius 2 is 2.04 bits per heavy atom. The number of hydrogen-bond acceptors (Lipinski definition) is 6. The predicted octanol–water partition coefficient (Wildman–Crippen LogP) is 2.47. The fourth-order valence-electron chi connectivity index (χ4n) is 3.65. The van der Waals surface area contributed by atoms with Gasteiger partial charge >= 0.3 is 0 Å². The highest BCUT2D eigenvalue weighted by Gasteiger charge is 2.44. The molecule has 2 aromatic heterocycles. The largest absolute Gasteiger partial charge is 0.368 e. The van der Waals surface area contributed by atoms with Gasteiger partial charge in [0.2, 0.25) is 5.95 Å². The molecule has 1 aliphatic carbocycles. The average Bonchev–Trinajstić information content (AvgIpc) is 3.02. The van der Waals surface area contributed by atoms with Gasteiger partial charge < -0.3 is 9.64 Å². The maximum atomic E-state index is 6.24. The van der Waals surface area contributed by atoms with Gasteiger partial charge in [0.15, 0.2) is 0 Å². The molecule has 0 amide bonds. The van der Waals surface area contributed by atoms with Gasteiger partial charge in [-0.1, -0.05) is 0 Å². The normalized spacial score (nSPS) is 26.1. The molecule has 0 unspecified atom stereocenters. The van der Waals surface area contributed by atoms with E-state index in [2.05, 4.69) is 33.7 Å². The molecule has 2 aromatic rings. The summed E-state index contributed by atoms with van der Waals surface area (Å²) in [5.41, 5.74) is 1.39. The van der Waals surface area contributed by atoms with Crippen LogP contribution in [-0.4, -0.2) is 44.2 Å². The summed E-state index contributed by atoms with van der Waals surface area (Å²) >= 11 is 0. The zero-order chi connectivity index (χ0) is 15.9. The molecular weight excluding hydrogens is 290 g/mol. The van der Waals surface area contributed by atoms with Gasteiger partial charge in [0, 0.05) is 25.1 Å². The van der Waals surface area contributed by atoms with Crippen LogP contribution in [0, 0.1) is 0 Å². The van der Waals surface area contributed by atoms with Crippen LogP contribution in [0.4, 0.5) is 5.95 Å². The topological polar surface area (TPSA) is 64.0 Å². The van der Waals surface area contributed by atoms with E-state index in [-0.39, 0.29) is 11.7 Å². The Balaban J connectivity index is 1.69. The molecule has 6 nitrogen and oxygen atoms in total. The fraction of sp³-hybridized carbons (Fsp3) is 0.529. The molecule has 0 radical (unpaired) electrons. The van der Waals surface area contributed by atoms with Crippen molar-refractivity contribution >= 4 is 5.95 Å². The van der Waals surface area contributed by atoms with Crippen molar-refractivity contribution in [2.75, 3.05) is 11.4 Å². The third-order valence-corrected chi connectivity index (χ3v) is 4.56. The number of rotatable bonds is 2. The Morgan fingerprint density at radius 3 is 2.87 bits per heavy atom. The fourth-order valence-corrected chi connectivity index (χ4v) is 3.65. The van der Waals surface area contributed by atoms with E-state index in [1.165, 1.54) is 6.42 Å². The average molecular weight is 311 g/mol. The maximum absolute atomic E-state index is 6.24. The first-order valence-corrected chi connectivity index (χ1v) is 8.16. The Kier molecular flexibility index (Phi) is 3.49. The molecule has 2 aliphatic rings. The lowest BCUT2D eigenvalue weighted by Gasteiger charge is -2.46. The molecule has 0 spiro atoms. The summed E-state index contributed by atoms with van der Waals surface area (Å²) in [6.07, 6.45) is 10.6. The summed E-state index contributed by atoms with van der Waals surface area (Å²) in [6, 6.07) is 2.26. The highest BCUT2D eigenvalue weighted by molar-refractivity contribution is 5.54. The van der Waals surface area contributed by atoms with Crippen molar-refractivity contribution in [3.8, 4) is 11.4 Å². The summed E-state index contributed by atoms with van der Waals surface area (Å²) in [5, 5.41) is 0. The van der Waals surface area contributed by atoms with Crippen LogP contribution in [0.5, 0.6) is 0 Å². The van der Waals surface area contributed by atoms with Crippen molar-refractivity contribution in [2.45, 2.75) is 50.9 Å². The maximum Gasteiger partial charge on any atom is 0.226 e. The second kappa shape index (κ2) is 5.53. The molecule has 120 valence electrons. The van der Waals surface area contributed by atoms with Crippen LogP contribution in [0.3, 0.4) is 0 Å². The van der Waals surface area contributed by atoms with Gasteiger partial charge in [0.25, 0.3) is 0 Å². The quantitative estimate of drug-likeness (QED) is 0.849. The molecule has 1 saturated carbocycles. The SMILES string of the molecule is CC1(C)CN(c2nccc(-c3cnccn3)n2)[C@@H]2CCC[C@H]2O1. The van der Waals surface area contributed by atoms with Crippen molar-refractivity contribution in [2.24, 2.45) is 0 Å². The van der Waals surface area contributed by atoms with Gasteiger partial charge in [-0.25, -0.2) is 9.97 Å². The molecule has 2 atom stereocenters. The van der Waals surface area contributed by atoms with E-state index in [0.717, 1.165) is 36.7 Å². The second-order valence-corrected chi connectivity index (χ2v) is 6.87. The smallest absolute Gasteiger partial charge is 0.226 e. The first kappa shape index (κ1) is 14.5. The number of anilines is 1. The van der Waals surface area contributed by atoms with Gasteiger partial charge in [-0.05, 0) is 39.2 Å². The van der Waals surface area contributed by atoms with Crippen molar-refractivity contribution < 1.29 is 4.74 Å². The highest BCUT2D eigenvalue weighted by Crippen LogP contribution is 2.37. The van der Waals surface area contributed by atoms with E-state index < -0.39 is 0 Å². The molecule has 6 heteroatoms. The standard InChI is InChI=1S/C17H21N5O/c1-17(2)11-22(14-4-3-5-15(14)23-17)16-20-7-6-12(21-16)13-10-18-8-9-19-13/h6-10,14-15H,3-5,11H2,1-2H3/t14-,15-/m1/s1. The van der Waals surface area contributed by atoms with E-state index in [4.69, 9.17) is 9.72 Å². The van der Waals surface area contributed by atoms with Crippen LogP contribution in [0.1, 0.15) is 33.1 Å². The minimum atomic E-state index is -0.183. The van der Waals surface area contributed by atoms with Crippen molar-refractivity contribution in [3.05, 3.63) is 30.9 Å². The Morgan fingerprint density at radius 1 is 1.13 bits per heavy atom. The minimum Gasteiger partial charge on any atom is -0.368 e. The monoisotopic (exact) mass is 311 g/mol. The number of ether oxygens (including phenoxy) is 1. The van der Waals surface area contributed by atoms with Crippen LogP contribution < -0.4 is 4.90 Å². The van der Waals surface area contributed by atoms with Crippen molar-refractivity contribution in [1.82, 2.24) is 19.9 Å². The van der Waals surface area contributed by atoms with Gasteiger partial charge in [0.05, 0.1) is 29.6 Å². The lowest BCUT2D eigenvalue weighted by atomic mass is 10.0. The molecule has 4 rings (SSSR count). The predicted molar refractivity (Wildman–Crippen MR) is 87.0 cm³/mol. The Hall–Kier alpha value is -2.08. The van der Waals surface area contributed by atoms with Crippen LogP contribution in [0.25, 0.3) is 11.4 Å². The van der Waals surface area contributed by atoms with Gasteiger partial charge in [0.1, 0.15) is 5.69 Å². The van der Waals surface area contributed by atoms with E-state index in [9.17, 15) is 0 Å². The molecule has 0 N–H and O–H groups in total. The number of fused-ring (bicyclic) bond motifs is 1. The molecule has 23 heavy (non-hydrogen) atoms. The van der Waals surface area contributed by atoms with E-state index in [0.29, 0.717) is 6.04 Å². The van der Waals surface area contributed by atoms with Crippen molar-refractivity contribution in [1.29, 1.82) is 0 Å². The van der Waals surface area contributed by atoms with Gasteiger partial charge in [-0.3, -0.25) is 9.97 Å². The summed E-state index contributed by atoms with van der Waals surface area (Å²) in [5.74, 6) is 0.765. The van der Waals surface area contributed by atoms with E-state index in [1.54, 1.807) is 24.8 Å². The van der Waals surface area contributed by atoms with E-state index >= 15 is 0 Å². The first-order valence-electron chi connectivity index (χ1n) is 8.16. The summed E-state index contributed by atoms with van der Waals surface area (Å²) in [7, 11) is 0. The summed E-state index contributed by atoms with van der Waals surface area (Å²) in [6.45, 7) is 5.08. The first-order chi connectivity index (χ1) is 11.1. The molecule has 1 aliphatic heterocycles. The summed E-state index contributed by atoms with van der Waals surface area (Å²) in [4.78, 5) is 20.1. The summed E-state index contributed by atoms with van der Waals surface area (Å²) < 4.78 is 6.24. The van der Waals surface area contributed by atoms with Crippen LogP contribution in [0.15, 0.2) is 30.9 Å². The lowest BCUT2D eigenvalue weighted by Crippen LogP contribution is -2.57. The molecule has 2 fully saturated rings. The Bertz CT molecular complexity index is 690. The zero-order valence-electron chi connectivity index (χ0n) is 13.5. The molecular formula is C17H21N5O. The molecule has 3 heterocycles. The van der Waals surface area contributed by atoms with Gasteiger partial charge in [-0.15, -0.1) is 0 Å². The molecule has 0 aromatic carbocycles. The van der Waals surface area contributed by atoms with E-state index in [1.807, 2.05) is 6.07 Å². The van der Waals surface area contributed by atoms with Crippen LogP contribution in [-0.2, 0) is 4.74 Å². The third-order valence-electron chi connectivity index (χ3n) is 4.56. The van der Waals surface area contributed by atoms with Crippen LogP contribution in [0.2, 0.25) is 0 Å². The molecule has 1 saturated heterocycles. The number of morpholine rings is 1. The lowest BCUT2D eigenvalue weighted by molar-refractivity contribution is -0.0936. The minimum absolute atomic E-state index is 0.183. The van der Waals surface area contributed by atoms with Crippen molar-refractivity contribution in [3.63, 3.8) is 0 Å². The number of hydrogen-bond donors (Lipinski definition) is 0.